The van der Waals surface area contributed by atoms with Crippen LogP contribution in [-0.4, -0.2) is 34.2 Å². The summed E-state index contributed by atoms with van der Waals surface area (Å²) in [4.78, 5) is 14.1. The zero-order valence-electron chi connectivity index (χ0n) is 14.4. The molecule has 1 amide bonds. The van der Waals surface area contributed by atoms with E-state index in [-0.39, 0.29) is 5.91 Å². The molecule has 1 aromatic carbocycles. The molecular weight excluding hydrogens is 346 g/mol. The lowest BCUT2D eigenvalue weighted by atomic mass is 10.3. The van der Waals surface area contributed by atoms with E-state index in [1.807, 2.05) is 54.5 Å². The van der Waals surface area contributed by atoms with Crippen molar-refractivity contribution in [3.05, 3.63) is 65.3 Å². The maximum absolute atomic E-state index is 12.1. The van der Waals surface area contributed by atoms with Crippen molar-refractivity contribution in [2.45, 2.75) is 13.0 Å². The third-order valence-electron chi connectivity index (χ3n) is 3.87. The number of anilines is 1. The molecule has 132 valence electrons. The third kappa shape index (κ3) is 4.57. The summed E-state index contributed by atoms with van der Waals surface area (Å²) < 4.78 is 1.84. The van der Waals surface area contributed by atoms with Gasteiger partial charge in [0.25, 0.3) is 0 Å². The number of thiophene rings is 1. The summed E-state index contributed by atoms with van der Waals surface area (Å²) in [5.74, 6) is -0.0872. The van der Waals surface area contributed by atoms with Crippen LogP contribution < -0.4 is 5.32 Å². The lowest BCUT2D eigenvalue weighted by molar-refractivity contribution is -0.116. The Morgan fingerprint density at radius 2 is 2.15 bits per heavy atom. The number of amides is 1. The van der Waals surface area contributed by atoms with Crippen LogP contribution in [0.3, 0.4) is 0 Å². The molecule has 6 nitrogen and oxygen atoms in total. The Morgan fingerprint density at radius 3 is 2.92 bits per heavy atom. The predicted molar refractivity (Wildman–Crippen MR) is 102 cm³/mol. The normalized spacial score (nSPS) is 10.7. The van der Waals surface area contributed by atoms with E-state index in [0.717, 1.165) is 11.3 Å². The lowest BCUT2D eigenvalue weighted by Crippen LogP contribution is -2.23. The number of hydrogen-bond donors (Lipinski definition) is 1. The molecule has 0 radical (unpaired) electrons. The molecule has 0 bridgehead atoms. The number of hydrogen-bond acceptors (Lipinski definition) is 5. The first-order valence-electron chi connectivity index (χ1n) is 8.20. The molecule has 26 heavy (non-hydrogen) atoms. The number of carbonyl (C=O) groups is 1. The quantitative estimate of drug-likeness (QED) is 0.697. The molecule has 1 N–H and O–H groups in total. The van der Waals surface area contributed by atoms with Gasteiger partial charge in [-0.1, -0.05) is 18.2 Å². The van der Waals surface area contributed by atoms with E-state index in [2.05, 4.69) is 21.4 Å². The second-order valence-corrected chi connectivity index (χ2v) is 6.86. The van der Waals surface area contributed by atoms with Crippen LogP contribution in [0.4, 0.5) is 5.00 Å². The Balaban J connectivity index is 1.48. The Hall–Kier alpha value is -2.95. The van der Waals surface area contributed by atoms with Crippen LogP contribution in [0.15, 0.2) is 54.2 Å². The average Bonchev–Trinajstić information content (AvgIpc) is 3.30. The molecule has 3 rings (SSSR count). The number of nitriles is 1. The highest BCUT2D eigenvalue weighted by atomic mass is 32.1. The maximum Gasteiger partial charge on any atom is 0.226 e. The van der Waals surface area contributed by atoms with Crippen LogP contribution in [0.5, 0.6) is 0 Å². The van der Waals surface area contributed by atoms with Gasteiger partial charge in [0.05, 0.1) is 17.4 Å². The SMILES string of the molecule is CN(CCC(=O)Nc1sccc1C#N)Cc1cnn(-c2ccccc2)c1. The van der Waals surface area contributed by atoms with Gasteiger partial charge in [0.15, 0.2) is 0 Å². The van der Waals surface area contributed by atoms with E-state index in [1.165, 1.54) is 11.3 Å². The van der Waals surface area contributed by atoms with E-state index in [4.69, 9.17) is 5.26 Å². The van der Waals surface area contributed by atoms with Gasteiger partial charge in [0, 0.05) is 31.3 Å². The summed E-state index contributed by atoms with van der Waals surface area (Å²) in [5.41, 5.74) is 2.61. The number of nitrogens with zero attached hydrogens (tertiary/aromatic N) is 4. The highest BCUT2D eigenvalue weighted by molar-refractivity contribution is 7.14. The molecule has 2 heterocycles. The van der Waals surface area contributed by atoms with Crippen molar-refractivity contribution in [2.75, 3.05) is 18.9 Å². The van der Waals surface area contributed by atoms with Crippen molar-refractivity contribution >= 4 is 22.2 Å². The summed E-state index contributed by atoms with van der Waals surface area (Å²) in [6.45, 7) is 1.33. The van der Waals surface area contributed by atoms with E-state index >= 15 is 0 Å². The van der Waals surface area contributed by atoms with Crippen LogP contribution >= 0.6 is 11.3 Å². The van der Waals surface area contributed by atoms with E-state index in [0.29, 0.717) is 30.1 Å². The molecule has 0 fully saturated rings. The number of benzene rings is 1. The predicted octanol–water partition coefficient (Wildman–Crippen LogP) is 3.27. The zero-order valence-corrected chi connectivity index (χ0v) is 15.2. The highest BCUT2D eigenvalue weighted by Crippen LogP contribution is 2.22. The number of nitrogens with one attached hydrogen (secondary N) is 1. The number of carbonyl (C=O) groups excluding carboxylic acids is 1. The monoisotopic (exact) mass is 365 g/mol. The Labute approximate surface area is 156 Å². The Kier molecular flexibility index (Phi) is 5.79. The first-order chi connectivity index (χ1) is 12.7. The summed E-state index contributed by atoms with van der Waals surface area (Å²) in [6, 6.07) is 13.7. The van der Waals surface area contributed by atoms with Gasteiger partial charge in [0.1, 0.15) is 11.1 Å². The molecule has 7 heteroatoms. The number of aromatic nitrogens is 2. The molecule has 0 saturated carbocycles. The van der Waals surface area contributed by atoms with Gasteiger partial charge in [0.2, 0.25) is 5.91 Å². The van der Waals surface area contributed by atoms with Crippen LogP contribution in [0, 0.1) is 11.3 Å². The minimum Gasteiger partial charge on any atom is -0.317 e. The van der Waals surface area contributed by atoms with Crippen LogP contribution in [0.1, 0.15) is 17.5 Å². The zero-order chi connectivity index (χ0) is 18.4. The van der Waals surface area contributed by atoms with Gasteiger partial charge in [-0.3, -0.25) is 4.79 Å². The molecule has 2 aromatic heterocycles. The van der Waals surface area contributed by atoms with Gasteiger partial charge >= 0.3 is 0 Å². The van der Waals surface area contributed by atoms with Gasteiger partial charge in [-0.2, -0.15) is 10.4 Å². The fourth-order valence-corrected chi connectivity index (χ4v) is 3.28. The largest absolute Gasteiger partial charge is 0.317 e. The Morgan fingerprint density at radius 1 is 1.35 bits per heavy atom. The molecule has 0 aliphatic rings. The number of rotatable bonds is 7. The minimum absolute atomic E-state index is 0.0872. The van der Waals surface area contributed by atoms with Crippen LogP contribution in [0.2, 0.25) is 0 Å². The standard InChI is InChI=1S/C19H19N5OS/c1-23(9-7-18(25)22-19-16(11-20)8-10-26-19)13-15-12-21-24(14-15)17-5-3-2-4-6-17/h2-6,8,10,12,14H,7,9,13H2,1H3,(H,22,25). The van der Waals surface area contributed by atoms with E-state index in [9.17, 15) is 4.79 Å². The van der Waals surface area contributed by atoms with Gasteiger partial charge in [-0.15, -0.1) is 11.3 Å². The summed E-state index contributed by atoms with van der Waals surface area (Å²) in [7, 11) is 1.97. The van der Waals surface area contributed by atoms with Crippen molar-refractivity contribution in [1.82, 2.24) is 14.7 Å². The molecule has 0 atom stereocenters. The number of para-hydroxylation sites is 1. The van der Waals surface area contributed by atoms with Crippen molar-refractivity contribution < 1.29 is 4.79 Å². The van der Waals surface area contributed by atoms with Crippen molar-refractivity contribution in [3.63, 3.8) is 0 Å². The molecule has 0 aliphatic heterocycles. The van der Waals surface area contributed by atoms with Gasteiger partial charge < -0.3 is 10.2 Å². The first-order valence-corrected chi connectivity index (χ1v) is 9.08. The molecule has 3 aromatic rings. The third-order valence-corrected chi connectivity index (χ3v) is 4.70. The molecule has 0 unspecified atom stereocenters. The van der Waals surface area contributed by atoms with Gasteiger partial charge in [-0.25, -0.2) is 4.68 Å². The van der Waals surface area contributed by atoms with Crippen LogP contribution in [0.25, 0.3) is 5.69 Å². The molecule has 0 spiro atoms. The fraction of sp³-hybridized carbons (Fsp3) is 0.211. The Bertz CT molecular complexity index is 909. The van der Waals surface area contributed by atoms with Crippen molar-refractivity contribution in [2.24, 2.45) is 0 Å². The van der Waals surface area contributed by atoms with Crippen molar-refractivity contribution in [1.29, 1.82) is 5.26 Å². The van der Waals surface area contributed by atoms with Crippen molar-refractivity contribution in [3.8, 4) is 11.8 Å². The van der Waals surface area contributed by atoms with E-state index < -0.39 is 0 Å². The first kappa shape index (κ1) is 17.9. The summed E-state index contributed by atoms with van der Waals surface area (Å²) >= 11 is 1.36. The highest BCUT2D eigenvalue weighted by Gasteiger charge is 2.10. The van der Waals surface area contributed by atoms with Crippen LogP contribution in [-0.2, 0) is 11.3 Å². The molecule has 0 saturated heterocycles. The van der Waals surface area contributed by atoms with E-state index in [1.54, 1.807) is 11.4 Å². The summed E-state index contributed by atoms with van der Waals surface area (Å²) in [6.07, 6.45) is 4.21. The fourth-order valence-electron chi connectivity index (χ4n) is 2.53. The summed E-state index contributed by atoms with van der Waals surface area (Å²) in [5, 5.41) is 18.6. The average molecular weight is 365 g/mol. The maximum atomic E-state index is 12.1. The minimum atomic E-state index is -0.0872. The smallest absolute Gasteiger partial charge is 0.226 e. The molecular formula is C19H19N5OS. The molecule has 0 aliphatic carbocycles. The second-order valence-electron chi connectivity index (χ2n) is 5.94. The topological polar surface area (TPSA) is 74.0 Å². The van der Waals surface area contributed by atoms with Gasteiger partial charge in [-0.05, 0) is 30.6 Å². The second kappa shape index (κ2) is 8.43. The lowest BCUT2D eigenvalue weighted by Gasteiger charge is -2.15.